The van der Waals surface area contributed by atoms with E-state index >= 15 is 0 Å². The van der Waals surface area contributed by atoms with Gasteiger partial charge in [0.05, 0.1) is 6.54 Å². The van der Waals surface area contributed by atoms with E-state index in [2.05, 4.69) is 16.7 Å². The fourth-order valence-electron chi connectivity index (χ4n) is 3.27. The summed E-state index contributed by atoms with van der Waals surface area (Å²) in [6, 6.07) is 10.5. The number of halogens is 3. The summed E-state index contributed by atoms with van der Waals surface area (Å²) in [5.41, 5.74) is -0.864. The molecule has 1 heterocycles. The highest BCUT2D eigenvalue weighted by atomic mass is 35.5. The fraction of sp³-hybridized carbons (Fsp3) is 0.238. The van der Waals surface area contributed by atoms with Gasteiger partial charge in [-0.2, -0.15) is 5.10 Å². The Labute approximate surface area is 172 Å². The molecule has 0 unspecified atom stereocenters. The summed E-state index contributed by atoms with van der Waals surface area (Å²) in [7, 11) is 0. The van der Waals surface area contributed by atoms with E-state index in [0.717, 1.165) is 17.7 Å². The summed E-state index contributed by atoms with van der Waals surface area (Å²) < 4.78 is 29.4. The van der Waals surface area contributed by atoms with Crippen LogP contribution < -0.4 is 0 Å². The van der Waals surface area contributed by atoms with Gasteiger partial charge in [-0.25, -0.2) is 18.4 Å². The highest BCUT2D eigenvalue weighted by Gasteiger charge is 2.35. The number of benzene rings is 2. The highest BCUT2D eigenvalue weighted by Crippen LogP contribution is 2.29. The SMILES string of the molecule is C=CCN(Cc1ccccc1Cl)C[C@](O)(Cn1cncn1)c1ccc(F)cc1F. The maximum atomic E-state index is 14.6. The van der Waals surface area contributed by atoms with Gasteiger partial charge in [-0.05, 0) is 17.7 Å². The topological polar surface area (TPSA) is 54.2 Å². The maximum absolute atomic E-state index is 14.6. The molecule has 152 valence electrons. The molecule has 5 nitrogen and oxygen atoms in total. The molecule has 2 aromatic carbocycles. The molecule has 3 rings (SSSR count). The number of aliphatic hydroxyl groups is 1. The summed E-state index contributed by atoms with van der Waals surface area (Å²) in [6.45, 7) is 4.57. The van der Waals surface area contributed by atoms with Crippen LogP contribution >= 0.6 is 11.6 Å². The minimum Gasteiger partial charge on any atom is -0.382 e. The monoisotopic (exact) mass is 418 g/mol. The van der Waals surface area contributed by atoms with E-state index in [4.69, 9.17) is 11.6 Å². The molecule has 0 saturated carbocycles. The molecule has 0 amide bonds. The Balaban J connectivity index is 1.95. The van der Waals surface area contributed by atoms with Crippen LogP contribution in [0.2, 0.25) is 5.02 Å². The summed E-state index contributed by atoms with van der Waals surface area (Å²) in [5.74, 6) is -1.54. The van der Waals surface area contributed by atoms with Gasteiger partial charge in [-0.15, -0.1) is 6.58 Å². The molecule has 1 atom stereocenters. The van der Waals surface area contributed by atoms with Crippen LogP contribution in [0.1, 0.15) is 11.1 Å². The van der Waals surface area contributed by atoms with E-state index in [1.54, 1.807) is 12.1 Å². The van der Waals surface area contributed by atoms with Gasteiger partial charge in [-0.1, -0.05) is 41.9 Å². The molecule has 0 aliphatic heterocycles. The molecule has 8 heteroatoms. The van der Waals surface area contributed by atoms with Crippen molar-refractivity contribution in [1.82, 2.24) is 19.7 Å². The Hall–Kier alpha value is -2.61. The zero-order chi connectivity index (χ0) is 20.9. The Kier molecular flexibility index (Phi) is 6.74. The molecule has 0 saturated heterocycles. The third-order valence-corrected chi connectivity index (χ3v) is 4.92. The van der Waals surface area contributed by atoms with Crippen molar-refractivity contribution in [3.8, 4) is 0 Å². The van der Waals surface area contributed by atoms with Crippen LogP contribution in [0.15, 0.2) is 67.8 Å². The first-order chi connectivity index (χ1) is 13.9. The van der Waals surface area contributed by atoms with Crippen LogP contribution in [0.4, 0.5) is 8.78 Å². The standard InChI is InChI=1S/C21H21ClF2N4O/c1-2-9-27(11-16-5-3-4-6-19(16)22)12-21(29,13-28-15-25-14-26-28)18-8-7-17(23)10-20(18)24/h2-8,10,14-15,29H,1,9,11-13H2/t21-/m0/s1. The zero-order valence-electron chi connectivity index (χ0n) is 15.7. The molecule has 3 aromatic rings. The largest absolute Gasteiger partial charge is 0.382 e. The van der Waals surface area contributed by atoms with Crippen LogP contribution in [-0.4, -0.2) is 37.9 Å². The quantitative estimate of drug-likeness (QED) is 0.537. The molecular formula is C21H21ClF2N4O. The lowest BCUT2D eigenvalue weighted by molar-refractivity contribution is -0.0210. The lowest BCUT2D eigenvalue weighted by atomic mass is 9.92. The van der Waals surface area contributed by atoms with Crippen LogP contribution in [0.3, 0.4) is 0 Å². The van der Waals surface area contributed by atoms with Gasteiger partial charge in [-0.3, -0.25) is 4.90 Å². The van der Waals surface area contributed by atoms with Gasteiger partial charge in [0, 0.05) is 36.3 Å². The van der Waals surface area contributed by atoms with Crippen molar-refractivity contribution in [2.45, 2.75) is 18.7 Å². The average molecular weight is 419 g/mol. The normalized spacial score (nSPS) is 13.4. The Morgan fingerprint density at radius 1 is 1.24 bits per heavy atom. The van der Waals surface area contributed by atoms with Crippen LogP contribution in [0.5, 0.6) is 0 Å². The molecule has 0 aliphatic carbocycles. The summed E-state index contributed by atoms with van der Waals surface area (Å²) in [5, 5.41) is 16.1. The maximum Gasteiger partial charge on any atom is 0.137 e. The Bertz CT molecular complexity index is 967. The van der Waals surface area contributed by atoms with E-state index in [1.807, 2.05) is 23.1 Å². The molecular weight excluding hydrogens is 398 g/mol. The van der Waals surface area contributed by atoms with Crippen molar-refractivity contribution in [3.05, 3.63) is 95.6 Å². The van der Waals surface area contributed by atoms with Gasteiger partial charge in [0.2, 0.25) is 0 Å². The number of hydrogen-bond donors (Lipinski definition) is 1. The zero-order valence-corrected chi connectivity index (χ0v) is 16.4. The van der Waals surface area contributed by atoms with E-state index in [1.165, 1.54) is 23.4 Å². The molecule has 0 bridgehead atoms. The van der Waals surface area contributed by atoms with Gasteiger partial charge in [0.1, 0.15) is 29.9 Å². The van der Waals surface area contributed by atoms with Crippen molar-refractivity contribution in [2.75, 3.05) is 13.1 Å². The predicted octanol–water partition coefficient (Wildman–Crippen LogP) is 3.79. The third-order valence-electron chi connectivity index (χ3n) is 4.55. The fourth-order valence-corrected chi connectivity index (χ4v) is 3.47. The molecule has 29 heavy (non-hydrogen) atoms. The van der Waals surface area contributed by atoms with E-state index in [9.17, 15) is 13.9 Å². The van der Waals surface area contributed by atoms with Crippen molar-refractivity contribution in [1.29, 1.82) is 0 Å². The van der Waals surface area contributed by atoms with Crippen molar-refractivity contribution in [3.63, 3.8) is 0 Å². The van der Waals surface area contributed by atoms with Gasteiger partial charge in [0.15, 0.2) is 0 Å². The van der Waals surface area contributed by atoms with Crippen LogP contribution in [-0.2, 0) is 18.7 Å². The lowest BCUT2D eigenvalue weighted by Crippen LogP contribution is -2.44. The number of nitrogens with zero attached hydrogens (tertiary/aromatic N) is 4. The molecule has 0 aliphatic rings. The second kappa shape index (κ2) is 9.26. The molecule has 0 fully saturated rings. The molecule has 0 radical (unpaired) electrons. The lowest BCUT2D eigenvalue weighted by Gasteiger charge is -2.34. The van der Waals surface area contributed by atoms with Crippen LogP contribution in [0.25, 0.3) is 0 Å². The van der Waals surface area contributed by atoms with E-state index in [-0.39, 0.29) is 18.7 Å². The minimum atomic E-state index is -1.70. The minimum absolute atomic E-state index is 0.0254. The van der Waals surface area contributed by atoms with E-state index < -0.39 is 17.2 Å². The van der Waals surface area contributed by atoms with Crippen molar-refractivity contribution in [2.24, 2.45) is 0 Å². The van der Waals surface area contributed by atoms with Crippen molar-refractivity contribution >= 4 is 11.6 Å². The van der Waals surface area contributed by atoms with Gasteiger partial charge >= 0.3 is 0 Å². The molecule has 0 spiro atoms. The number of hydrogen-bond acceptors (Lipinski definition) is 4. The van der Waals surface area contributed by atoms with E-state index in [0.29, 0.717) is 18.1 Å². The summed E-state index contributed by atoms with van der Waals surface area (Å²) in [6.07, 6.45) is 4.44. The smallest absolute Gasteiger partial charge is 0.137 e. The first kappa shape index (κ1) is 21.1. The van der Waals surface area contributed by atoms with Crippen LogP contribution in [0, 0.1) is 11.6 Å². The third kappa shape index (κ3) is 5.26. The average Bonchev–Trinajstić information content (AvgIpc) is 3.16. The van der Waals surface area contributed by atoms with Gasteiger partial charge in [0.25, 0.3) is 0 Å². The van der Waals surface area contributed by atoms with Crippen molar-refractivity contribution < 1.29 is 13.9 Å². The first-order valence-corrected chi connectivity index (χ1v) is 9.36. The van der Waals surface area contributed by atoms with Gasteiger partial charge < -0.3 is 5.11 Å². The second-order valence-corrected chi connectivity index (χ2v) is 7.21. The highest BCUT2D eigenvalue weighted by molar-refractivity contribution is 6.31. The number of aromatic nitrogens is 3. The summed E-state index contributed by atoms with van der Waals surface area (Å²) >= 11 is 6.28. The first-order valence-electron chi connectivity index (χ1n) is 8.98. The summed E-state index contributed by atoms with van der Waals surface area (Å²) in [4.78, 5) is 5.75. The molecule has 1 N–H and O–H groups in total. The Morgan fingerprint density at radius 2 is 2.03 bits per heavy atom. The Morgan fingerprint density at radius 3 is 2.69 bits per heavy atom. The predicted molar refractivity (Wildman–Crippen MR) is 107 cm³/mol. The molecule has 1 aromatic heterocycles. The second-order valence-electron chi connectivity index (χ2n) is 6.80. The number of rotatable bonds is 9.